The number of furan rings is 1. The molecule has 0 aliphatic carbocycles. The average molecular weight is 360 g/mol. The zero-order valence-electron chi connectivity index (χ0n) is 12.3. The smallest absolute Gasteiger partial charge is 0.157 e. The first-order chi connectivity index (χ1) is 11.7. The second-order valence-electron chi connectivity index (χ2n) is 5.07. The van der Waals surface area contributed by atoms with Crippen molar-refractivity contribution in [1.82, 2.24) is 14.6 Å². The van der Waals surface area contributed by atoms with Gasteiger partial charge in [-0.25, -0.2) is 9.50 Å². The summed E-state index contributed by atoms with van der Waals surface area (Å²) in [5.41, 5.74) is 2.16. The van der Waals surface area contributed by atoms with Crippen LogP contribution >= 0.6 is 23.2 Å². The maximum atomic E-state index is 6.10. The van der Waals surface area contributed by atoms with Gasteiger partial charge in [-0.05, 0) is 30.3 Å². The third-order valence-corrected chi connectivity index (χ3v) is 4.03. The number of para-hydroxylation sites is 1. The van der Waals surface area contributed by atoms with E-state index in [1.54, 1.807) is 29.0 Å². The van der Waals surface area contributed by atoms with Crippen molar-refractivity contribution in [2.75, 3.05) is 0 Å². The predicted octanol–water partition coefficient (Wildman–Crippen LogP) is 4.88. The number of nitrogens with zero attached hydrogens (tertiary/aromatic N) is 3. The highest BCUT2D eigenvalue weighted by atomic mass is 35.5. The number of halogens is 2. The molecule has 0 spiro atoms. The standard InChI is InChI=1S/C17H11Cl2N3O2/c18-12-3-1-4-13(19)17(12)24-10-11-6-7-22-16(20-11)9-14(21-22)15-5-2-8-23-15/h1-9H,10H2. The monoisotopic (exact) mass is 359 g/mol. The van der Waals surface area contributed by atoms with Gasteiger partial charge in [0, 0.05) is 12.3 Å². The molecule has 0 aliphatic heterocycles. The lowest BCUT2D eigenvalue weighted by atomic mass is 10.3. The van der Waals surface area contributed by atoms with Crippen LogP contribution < -0.4 is 4.74 Å². The highest BCUT2D eigenvalue weighted by molar-refractivity contribution is 6.37. The Morgan fingerprint density at radius 3 is 2.67 bits per heavy atom. The number of benzene rings is 1. The number of hydrogen-bond acceptors (Lipinski definition) is 4. The van der Waals surface area contributed by atoms with Crippen molar-refractivity contribution in [1.29, 1.82) is 0 Å². The number of fused-ring (bicyclic) bond motifs is 1. The summed E-state index contributed by atoms with van der Waals surface area (Å²) in [5, 5.41) is 5.35. The molecule has 4 aromatic rings. The molecular formula is C17H11Cl2N3O2. The van der Waals surface area contributed by atoms with Crippen LogP contribution in [0.25, 0.3) is 17.1 Å². The second kappa shape index (κ2) is 6.19. The van der Waals surface area contributed by atoms with E-state index in [2.05, 4.69) is 10.1 Å². The Morgan fingerprint density at radius 2 is 1.92 bits per heavy atom. The molecule has 0 fully saturated rings. The number of aromatic nitrogens is 3. The Bertz CT molecular complexity index is 976. The number of rotatable bonds is 4. The van der Waals surface area contributed by atoms with Crippen molar-refractivity contribution < 1.29 is 9.15 Å². The van der Waals surface area contributed by atoms with E-state index in [0.717, 1.165) is 11.4 Å². The Morgan fingerprint density at radius 1 is 1.08 bits per heavy atom. The van der Waals surface area contributed by atoms with Crippen LogP contribution in [0, 0.1) is 0 Å². The van der Waals surface area contributed by atoms with Crippen LogP contribution in [-0.4, -0.2) is 14.6 Å². The summed E-state index contributed by atoms with van der Waals surface area (Å²) in [4.78, 5) is 4.53. The molecule has 0 bridgehead atoms. The van der Waals surface area contributed by atoms with E-state index in [1.165, 1.54) is 0 Å². The van der Waals surface area contributed by atoms with Gasteiger partial charge in [0.15, 0.2) is 17.2 Å². The van der Waals surface area contributed by atoms with Crippen molar-refractivity contribution in [3.63, 3.8) is 0 Å². The fourth-order valence-electron chi connectivity index (χ4n) is 2.31. The lowest BCUT2D eigenvalue weighted by Gasteiger charge is -2.09. The minimum absolute atomic E-state index is 0.251. The van der Waals surface area contributed by atoms with Crippen molar-refractivity contribution in [2.24, 2.45) is 0 Å². The molecule has 0 N–H and O–H groups in total. The van der Waals surface area contributed by atoms with Gasteiger partial charge in [-0.1, -0.05) is 29.3 Å². The quantitative estimate of drug-likeness (QED) is 0.521. The molecule has 1 aromatic carbocycles. The predicted molar refractivity (Wildman–Crippen MR) is 91.5 cm³/mol. The molecule has 120 valence electrons. The average Bonchev–Trinajstić information content (AvgIpc) is 3.23. The Labute approximate surface area is 147 Å². The lowest BCUT2D eigenvalue weighted by Crippen LogP contribution is -2.01. The highest BCUT2D eigenvalue weighted by Crippen LogP contribution is 2.32. The van der Waals surface area contributed by atoms with Gasteiger partial charge in [-0.2, -0.15) is 5.10 Å². The fraction of sp³-hybridized carbons (Fsp3) is 0.0588. The fourth-order valence-corrected chi connectivity index (χ4v) is 2.82. The Kier molecular flexibility index (Phi) is 3.88. The Balaban J connectivity index is 1.59. The maximum absolute atomic E-state index is 6.10. The summed E-state index contributed by atoms with van der Waals surface area (Å²) in [6, 6.07) is 12.6. The van der Waals surface area contributed by atoms with Gasteiger partial charge in [0.1, 0.15) is 12.3 Å². The van der Waals surface area contributed by atoms with Crippen LogP contribution in [0.15, 0.2) is 59.3 Å². The van der Waals surface area contributed by atoms with Gasteiger partial charge in [-0.3, -0.25) is 0 Å². The largest absolute Gasteiger partial charge is 0.484 e. The summed E-state index contributed by atoms with van der Waals surface area (Å²) < 4.78 is 12.7. The minimum atomic E-state index is 0.251. The van der Waals surface area contributed by atoms with E-state index in [4.69, 9.17) is 32.4 Å². The van der Waals surface area contributed by atoms with Crippen molar-refractivity contribution in [2.45, 2.75) is 6.61 Å². The number of hydrogen-bond donors (Lipinski definition) is 0. The van der Waals surface area contributed by atoms with Gasteiger partial charge in [0.05, 0.1) is 22.0 Å². The molecule has 5 nitrogen and oxygen atoms in total. The molecule has 0 saturated heterocycles. The van der Waals surface area contributed by atoms with Crippen LogP contribution in [-0.2, 0) is 6.61 Å². The first kappa shape index (κ1) is 15.1. The van der Waals surface area contributed by atoms with E-state index >= 15 is 0 Å². The first-order valence-corrected chi connectivity index (χ1v) is 7.92. The maximum Gasteiger partial charge on any atom is 0.157 e. The van der Waals surface area contributed by atoms with Crippen molar-refractivity contribution in [3.8, 4) is 17.2 Å². The first-order valence-electron chi connectivity index (χ1n) is 7.17. The zero-order valence-corrected chi connectivity index (χ0v) is 13.8. The summed E-state index contributed by atoms with van der Waals surface area (Å²) in [6.45, 7) is 0.251. The molecule has 3 heterocycles. The molecular weight excluding hydrogens is 349 g/mol. The molecule has 7 heteroatoms. The van der Waals surface area contributed by atoms with Crippen LogP contribution in [0.4, 0.5) is 0 Å². The molecule has 0 amide bonds. The highest BCUT2D eigenvalue weighted by Gasteiger charge is 2.10. The van der Waals surface area contributed by atoms with Crippen LogP contribution in [0.5, 0.6) is 5.75 Å². The van der Waals surface area contributed by atoms with Gasteiger partial charge < -0.3 is 9.15 Å². The van der Waals surface area contributed by atoms with Crippen LogP contribution in [0.2, 0.25) is 10.0 Å². The zero-order chi connectivity index (χ0) is 16.5. The normalized spacial score (nSPS) is 11.1. The summed E-state index contributed by atoms with van der Waals surface area (Å²) in [7, 11) is 0. The summed E-state index contributed by atoms with van der Waals surface area (Å²) in [5.74, 6) is 1.15. The van der Waals surface area contributed by atoms with Crippen molar-refractivity contribution >= 4 is 28.8 Å². The van der Waals surface area contributed by atoms with E-state index in [1.807, 2.05) is 30.5 Å². The SMILES string of the molecule is Clc1cccc(Cl)c1OCc1ccn2nc(-c3ccco3)cc2n1. The molecule has 0 radical (unpaired) electrons. The molecule has 0 atom stereocenters. The molecule has 24 heavy (non-hydrogen) atoms. The Hall–Kier alpha value is -2.50. The molecule has 4 rings (SSSR count). The van der Waals surface area contributed by atoms with Gasteiger partial charge >= 0.3 is 0 Å². The van der Waals surface area contributed by atoms with E-state index in [0.29, 0.717) is 27.2 Å². The molecule has 0 saturated carbocycles. The summed E-state index contributed by atoms with van der Waals surface area (Å²) in [6.07, 6.45) is 3.43. The minimum Gasteiger partial charge on any atom is -0.484 e. The third-order valence-electron chi connectivity index (χ3n) is 3.44. The topological polar surface area (TPSA) is 52.6 Å². The third kappa shape index (κ3) is 2.84. The molecule has 3 aromatic heterocycles. The van der Waals surface area contributed by atoms with E-state index < -0.39 is 0 Å². The van der Waals surface area contributed by atoms with E-state index in [9.17, 15) is 0 Å². The molecule has 0 aliphatic rings. The lowest BCUT2D eigenvalue weighted by molar-refractivity contribution is 0.302. The van der Waals surface area contributed by atoms with E-state index in [-0.39, 0.29) is 6.61 Å². The van der Waals surface area contributed by atoms with Gasteiger partial charge in [-0.15, -0.1) is 0 Å². The summed E-state index contributed by atoms with van der Waals surface area (Å²) >= 11 is 12.2. The number of ether oxygens (including phenoxy) is 1. The van der Waals surface area contributed by atoms with Gasteiger partial charge in [0.2, 0.25) is 0 Å². The second-order valence-corrected chi connectivity index (χ2v) is 5.88. The van der Waals surface area contributed by atoms with Crippen LogP contribution in [0.3, 0.4) is 0 Å². The van der Waals surface area contributed by atoms with Gasteiger partial charge in [0.25, 0.3) is 0 Å². The molecule has 0 unspecified atom stereocenters. The van der Waals surface area contributed by atoms with Crippen molar-refractivity contribution in [3.05, 3.63) is 70.7 Å². The van der Waals surface area contributed by atoms with Crippen LogP contribution in [0.1, 0.15) is 5.69 Å².